The van der Waals surface area contributed by atoms with Crippen molar-refractivity contribution in [1.29, 1.82) is 0 Å². The Kier molecular flexibility index (Phi) is 8.44. The van der Waals surface area contributed by atoms with Crippen LogP contribution in [0, 0.1) is 11.9 Å². The normalized spacial score (nSPS) is 21.8. The van der Waals surface area contributed by atoms with Gasteiger partial charge in [0.05, 0.1) is 17.8 Å². The fourth-order valence-electron chi connectivity index (χ4n) is 5.28. The van der Waals surface area contributed by atoms with E-state index in [1.54, 1.807) is 18.3 Å². The molecule has 7 nitrogen and oxygen atoms in total. The van der Waals surface area contributed by atoms with Crippen LogP contribution in [0.5, 0.6) is 11.6 Å². The van der Waals surface area contributed by atoms with Crippen molar-refractivity contribution < 1.29 is 18.6 Å². The minimum atomic E-state index is -1.45. The topological polar surface area (TPSA) is 84.3 Å². The van der Waals surface area contributed by atoms with Crippen LogP contribution in [-0.2, 0) is 0 Å². The maximum atomic E-state index is 15.3. The molecular weight excluding hydrogens is 561 g/mol. The van der Waals surface area contributed by atoms with Crippen molar-refractivity contribution in [3.05, 3.63) is 42.5 Å². The van der Waals surface area contributed by atoms with E-state index in [1.165, 1.54) is 18.2 Å². The first-order valence-corrected chi connectivity index (χ1v) is 14.4. The predicted octanol–water partition coefficient (Wildman–Crippen LogP) is 6.50. The largest absolute Gasteiger partial charge is 0.507 e. The zero-order chi connectivity index (χ0) is 27.7. The molecule has 1 aromatic carbocycles. The maximum Gasteiger partial charge on any atom is 0.242 e. The van der Waals surface area contributed by atoms with Crippen molar-refractivity contribution >= 4 is 43.7 Å². The van der Waals surface area contributed by atoms with Gasteiger partial charge in [-0.15, -0.1) is 48.1 Å². The number of ether oxygens (including phenoxy) is 1. The summed E-state index contributed by atoms with van der Waals surface area (Å²) < 4.78 is 33.3. The summed E-state index contributed by atoms with van der Waals surface area (Å²) in [5.74, 6) is 0.355. The maximum absolute atomic E-state index is 15.3. The Hall–Kier alpha value is -2.31. The van der Waals surface area contributed by atoms with Gasteiger partial charge in [0.25, 0.3) is 0 Å². The molecule has 0 aliphatic heterocycles. The van der Waals surface area contributed by atoms with Gasteiger partial charge < -0.3 is 14.7 Å². The number of anilines is 1. The summed E-state index contributed by atoms with van der Waals surface area (Å²) in [6.07, 6.45) is 7.10. The molecule has 208 valence electrons. The fraction of sp³-hybridized carbons (Fsp3) is 0.481. The molecule has 1 N–H and O–H groups in total. The zero-order valence-corrected chi connectivity index (χ0v) is 24.1. The van der Waals surface area contributed by atoms with Crippen LogP contribution in [0.25, 0.3) is 22.5 Å². The Bertz CT molecular complexity index is 1310. The van der Waals surface area contributed by atoms with Crippen molar-refractivity contribution in [2.24, 2.45) is 5.92 Å². The summed E-state index contributed by atoms with van der Waals surface area (Å²) in [4.78, 5) is 10.2. The molecule has 39 heavy (non-hydrogen) atoms. The molecule has 3 atom stereocenters. The molecule has 0 amide bonds. The highest BCUT2D eigenvalue weighted by molar-refractivity contribution is 8.16. The van der Waals surface area contributed by atoms with Crippen LogP contribution in [0.15, 0.2) is 36.5 Å². The second-order valence-corrected chi connectivity index (χ2v) is 13.2. The molecule has 0 bridgehead atoms. The van der Waals surface area contributed by atoms with Gasteiger partial charge in [-0.2, -0.15) is 9.37 Å². The molecular formula is C27H31F2N5O2S3. The van der Waals surface area contributed by atoms with Gasteiger partial charge in [0.15, 0.2) is 11.6 Å². The van der Waals surface area contributed by atoms with E-state index in [2.05, 4.69) is 69.9 Å². The van der Waals surface area contributed by atoms with E-state index in [-0.39, 0.29) is 29.5 Å². The summed E-state index contributed by atoms with van der Waals surface area (Å²) >= 11 is 12.1. The number of nitrogens with zero attached hydrogens (tertiary/aromatic N) is 5. The monoisotopic (exact) mass is 591 g/mol. The van der Waals surface area contributed by atoms with Crippen molar-refractivity contribution in [3.8, 4) is 34.1 Å². The van der Waals surface area contributed by atoms with Gasteiger partial charge in [0.1, 0.15) is 11.9 Å². The number of rotatable bonds is 8. The summed E-state index contributed by atoms with van der Waals surface area (Å²) in [5.41, 5.74) is 1.30. The first kappa shape index (κ1) is 28.2. The molecule has 5 rings (SSSR count). The predicted molar refractivity (Wildman–Crippen MR) is 157 cm³/mol. The van der Waals surface area contributed by atoms with Crippen molar-refractivity contribution in [3.63, 3.8) is 0 Å². The van der Waals surface area contributed by atoms with Gasteiger partial charge in [-0.05, 0) is 54.9 Å². The second kappa shape index (κ2) is 11.7. The lowest BCUT2D eigenvalue weighted by atomic mass is 9.94. The van der Waals surface area contributed by atoms with E-state index >= 15 is 4.39 Å². The highest BCUT2D eigenvalue weighted by Crippen LogP contribution is 2.40. The molecule has 0 unspecified atom stereocenters. The lowest BCUT2D eigenvalue weighted by molar-refractivity contribution is 0.247. The minimum absolute atomic E-state index is 0.0636. The Morgan fingerprint density at radius 3 is 2.51 bits per heavy atom. The number of aromatic nitrogens is 4. The number of phenols is 1. The van der Waals surface area contributed by atoms with Gasteiger partial charge in [0, 0.05) is 18.2 Å². The average Bonchev–Trinajstić information content (AvgIpc) is 3.72. The quantitative estimate of drug-likeness (QED) is 0.103. The van der Waals surface area contributed by atoms with Gasteiger partial charge in [-0.25, -0.2) is 9.37 Å². The second-order valence-electron chi connectivity index (χ2n) is 10.2. The lowest BCUT2D eigenvalue weighted by Crippen LogP contribution is -2.44. The van der Waals surface area contributed by atoms with E-state index < -0.39 is 15.7 Å². The lowest BCUT2D eigenvalue weighted by Gasteiger charge is -2.35. The first-order valence-electron chi connectivity index (χ1n) is 13.1. The highest BCUT2D eigenvalue weighted by Gasteiger charge is 2.41. The fourth-order valence-corrected chi connectivity index (χ4v) is 5.56. The van der Waals surface area contributed by atoms with Crippen LogP contribution in [0.3, 0.4) is 0 Å². The summed E-state index contributed by atoms with van der Waals surface area (Å²) in [7, 11) is 0. The molecule has 2 aliphatic rings. The number of alkyl halides is 1. The smallest absolute Gasteiger partial charge is 0.242 e. The van der Waals surface area contributed by atoms with Gasteiger partial charge in [-0.3, -0.25) is 0 Å². The van der Waals surface area contributed by atoms with Crippen LogP contribution in [0.1, 0.15) is 51.9 Å². The first-order chi connectivity index (χ1) is 18.6. The summed E-state index contributed by atoms with van der Waals surface area (Å²) in [6, 6.07) is 7.53. The van der Waals surface area contributed by atoms with Crippen LogP contribution < -0.4 is 9.64 Å². The number of aromatic hydroxyl groups is 1. The number of hydrogen-bond acceptors (Lipinski definition) is 10. The average molecular weight is 592 g/mol. The summed E-state index contributed by atoms with van der Waals surface area (Å²) in [6.45, 7) is 2.17. The number of halogens is 2. The van der Waals surface area contributed by atoms with Crippen LogP contribution in [0.4, 0.5) is 14.6 Å². The van der Waals surface area contributed by atoms with Crippen LogP contribution >= 0.6 is 37.9 Å². The van der Waals surface area contributed by atoms with E-state index in [0.29, 0.717) is 34.8 Å². The molecule has 0 saturated heterocycles. The number of pyridine rings is 1. The molecule has 0 spiro atoms. The molecule has 12 heteroatoms. The third-order valence-corrected chi connectivity index (χ3v) is 7.63. The Morgan fingerprint density at radius 1 is 1.08 bits per heavy atom. The Labute approximate surface area is 243 Å². The Morgan fingerprint density at radius 2 is 1.87 bits per heavy atom. The van der Waals surface area contributed by atoms with E-state index in [1.807, 2.05) is 0 Å². The van der Waals surface area contributed by atoms with Gasteiger partial charge >= 0.3 is 0 Å². The molecule has 2 aliphatic carbocycles. The van der Waals surface area contributed by atoms with E-state index in [9.17, 15) is 9.50 Å². The van der Waals surface area contributed by atoms with Crippen molar-refractivity contribution in [1.82, 2.24) is 20.2 Å². The molecule has 2 saturated carbocycles. The molecule has 0 radical (unpaired) electrons. The molecule has 2 fully saturated rings. The third kappa shape index (κ3) is 6.89. The van der Waals surface area contributed by atoms with Crippen LogP contribution in [0.2, 0.25) is 0 Å². The van der Waals surface area contributed by atoms with Crippen molar-refractivity contribution in [2.45, 2.75) is 73.7 Å². The van der Waals surface area contributed by atoms with E-state index in [4.69, 9.17) is 4.74 Å². The zero-order valence-electron chi connectivity index (χ0n) is 21.4. The minimum Gasteiger partial charge on any atom is -0.507 e. The standard InChI is InChI=1S/C27H31F2N5O2S3/c1-2-15-4-3-5-20(28)21(10-15)34(18-7-8-18)24-14-30-26(33-32-24)19-9-6-16(11-22(19)35)17-12-23(29)31-25(13-17)36-27(37,38)39/h6,9,11-15,18,20-21,35,37-39H,2-5,7-8,10H2,1H3/t15-,20+,21-/m1/s1. The molecule has 3 aromatic rings. The number of hydrogen-bond donors (Lipinski definition) is 4. The van der Waals surface area contributed by atoms with Crippen molar-refractivity contribution in [2.75, 3.05) is 4.90 Å². The third-order valence-electron chi connectivity index (χ3n) is 7.36. The van der Waals surface area contributed by atoms with Gasteiger partial charge in [0.2, 0.25) is 15.4 Å². The number of thiol groups is 3. The summed E-state index contributed by atoms with van der Waals surface area (Å²) in [5, 5.41) is 19.5. The van der Waals surface area contributed by atoms with E-state index in [0.717, 1.165) is 38.5 Å². The Balaban J connectivity index is 1.39. The molecule has 2 heterocycles. The number of benzene rings is 1. The molecule has 2 aromatic heterocycles. The van der Waals surface area contributed by atoms with Gasteiger partial charge in [-0.1, -0.05) is 32.3 Å². The number of phenolic OH excluding ortho intramolecular Hbond substituents is 1. The SMILES string of the molecule is CC[C@@H]1CCC[C@H](F)[C@H](N(c2cnc(-c3ccc(-c4cc(F)nc(OC(S)(S)S)c4)cc3O)nn2)C2CC2)C1. The van der Waals surface area contributed by atoms with Crippen LogP contribution in [-0.4, -0.2) is 47.1 Å². The highest BCUT2D eigenvalue weighted by atomic mass is 32.2.